The number of pyridine rings is 1. The van der Waals surface area contributed by atoms with Crippen LogP contribution in [-0.4, -0.2) is 74.0 Å². The third kappa shape index (κ3) is 6.76. The minimum atomic E-state index is 0. The van der Waals surface area contributed by atoms with E-state index in [4.69, 9.17) is 37.7 Å². The first-order chi connectivity index (χ1) is 13.2. The molecular weight excluding hydrogens is 516 g/mol. The summed E-state index contributed by atoms with van der Waals surface area (Å²) in [5.41, 5.74) is 0. The molecule has 0 spiro atoms. The number of halogens is 3. The number of aliphatic imine (C=N–C) groups is 1. The Kier molecular flexibility index (Phi) is 10.4. The number of hydrogen-bond acceptors (Lipinski definition) is 5. The topological polar surface area (TPSA) is 71.0 Å². The molecule has 1 aromatic heterocycles. The van der Waals surface area contributed by atoms with Crippen molar-refractivity contribution in [3.05, 3.63) is 22.3 Å². The molecule has 0 aliphatic carbocycles. The molecule has 7 nitrogen and oxygen atoms in total. The zero-order valence-electron chi connectivity index (χ0n) is 16.0. The zero-order chi connectivity index (χ0) is 19.1. The highest BCUT2D eigenvalue weighted by Gasteiger charge is 2.32. The van der Waals surface area contributed by atoms with Gasteiger partial charge in [-0.3, -0.25) is 4.99 Å². The van der Waals surface area contributed by atoms with Gasteiger partial charge in [0, 0.05) is 39.0 Å². The highest BCUT2D eigenvalue weighted by atomic mass is 127. The lowest BCUT2D eigenvalue weighted by molar-refractivity contribution is -0.0817. The molecule has 0 bridgehead atoms. The van der Waals surface area contributed by atoms with Gasteiger partial charge in [0.05, 0.1) is 29.3 Å². The molecule has 2 aliphatic heterocycles. The molecule has 158 valence electrons. The van der Waals surface area contributed by atoms with E-state index in [9.17, 15) is 0 Å². The molecule has 0 amide bonds. The monoisotopic (exact) mass is 543 g/mol. The van der Waals surface area contributed by atoms with E-state index in [1.165, 1.54) is 0 Å². The van der Waals surface area contributed by atoms with Crippen LogP contribution in [0.5, 0.6) is 0 Å². The molecule has 1 aromatic rings. The van der Waals surface area contributed by atoms with Crippen LogP contribution in [0.1, 0.15) is 19.8 Å². The van der Waals surface area contributed by atoms with E-state index in [2.05, 4.69) is 27.4 Å². The first kappa shape index (κ1) is 23.7. The normalized spacial score (nSPS) is 22.7. The van der Waals surface area contributed by atoms with E-state index in [0.29, 0.717) is 35.6 Å². The van der Waals surface area contributed by atoms with Gasteiger partial charge < -0.3 is 25.0 Å². The fraction of sp³-hybridized carbons (Fsp3) is 0.667. The lowest BCUT2D eigenvalue weighted by Crippen LogP contribution is -2.53. The molecular formula is C18H28Cl2IN5O2. The van der Waals surface area contributed by atoms with Crippen LogP contribution in [0.4, 0.5) is 5.82 Å². The van der Waals surface area contributed by atoms with Gasteiger partial charge in [0.1, 0.15) is 11.9 Å². The molecule has 2 fully saturated rings. The molecule has 2 unspecified atom stereocenters. The second kappa shape index (κ2) is 12.2. The summed E-state index contributed by atoms with van der Waals surface area (Å²) in [5, 5.41) is 7.59. The molecule has 2 N–H and O–H groups in total. The fourth-order valence-electron chi connectivity index (χ4n) is 3.30. The van der Waals surface area contributed by atoms with E-state index >= 15 is 0 Å². The number of nitrogens with one attached hydrogen (secondary N) is 2. The summed E-state index contributed by atoms with van der Waals surface area (Å²) in [6.07, 6.45) is 4.08. The van der Waals surface area contributed by atoms with E-state index in [1.54, 1.807) is 12.3 Å². The largest absolute Gasteiger partial charge is 0.375 e. The van der Waals surface area contributed by atoms with Crippen molar-refractivity contribution in [1.82, 2.24) is 15.2 Å². The Morgan fingerprint density at radius 1 is 1.32 bits per heavy atom. The van der Waals surface area contributed by atoms with Crippen LogP contribution in [0.2, 0.25) is 10.0 Å². The van der Waals surface area contributed by atoms with Crippen molar-refractivity contribution in [3.8, 4) is 0 Å². The predicted octanol–water partition coefficient (Wildman–Crippen LogP) is 3.26. The molecule has 0 saturated carbocycles. The third-order valence-electron chi connectivity index (χ3n) is 4.58. The smallest absolute Gasteiger partial charge is 0.194 e. The standard InChI is InChI=1S/C18H27Cl2N5O2.HI/c1-2-21-18(23-6-5-22-17-14(20)10-13(19)11-24-17)25-7-9-27-16(12-25)15-4-3-8-26-15;/h10-11,15-16H,2-9,12H2,1H3,(H,21,23)(H,22,24);1H. The summed E-state index contributed by atoms with van der Waals surface area (Å²) >= 11 is 12.0. The molecule has 0 aromatic carbocycles. The van der Waals surface area contributed by atoms with Gasteiger partial charge in [0.15, 0.2) is 5.96 Å². The van der Waals surface area contributed by atoms with E-state index in [-0.39, 0.29) is 36.2 Å². The number of hydrogen-bond donors (Lipinski definition) is 2. The zero-order valence-corrected chi connectivity index (χ0v) is 19.8. The number of ether oxygens (including phenoxy) is 2. The SMILES string of the molecule is CCNC(=NCCNc1ncc(Cl)cc1Cl)N1CCOC(C2CCCO2)C1.I. The van der Waals surface area contributed by atoms with Crippen molar-refractivity contribution < 1.29 is 9.47 Å². The van der Waals surface area contributed by atoms with Crippen molar-refractivity contribution in [1.29, 1.82) is 0 Å². The van der Waals surface area contributed by atoms with Crippen LogP contribution in [0.3, 0.4) is 0 Å². The lowest BCUT2D eigenvalue weighted by atomic mass is 10.1. The van der Waals surface area contributed by atoms with Crippen LogP contribution in [0.25, 0.3) is 0 Å². The van der Waals surface area contributed by atoms with Crippen LogP contribution in [-0.2, 0) is 9.47 Å². The second-order valence-corrected chi connectivity index (χ2v) is 7.40. The van der Waals surface area contributed by atoms with Crippen molar-refractivity contribution >= 4 is 59.0 Å². The number of morpholine rings is 1. The fourth-order valence-corrected chi connectivity index (χ4v) is 3.74. The van der Waals surface area contributed by atoms with Gasteiger partial charge in [-0.15, -0.1) is 24.0 Å². The van der Waals surface area contributed by atoms with E-state index < -0.39 is 0 Å². The van der Waals surface area contributed by atoms with Gasteiger partial charge in [0.25, 0.3) is 0 Å². The molecule has 0 radical (unpaired) electrons. The van der Waals surface area contributed by atoms with Gasteiger partial charge in [-0.1, -0.05) is 23.2 Å². The van der Waals surface area contributed by atoms with Gasteiger partial charge >= 0.3 is 0 Å². The summed E-state index contributed by atoms with van der Waals surface area (Å²) in [7, 11) is 0. The number of aromatic nitrogens is 1. The minimum absolute atomic E-state index is 0. The Balaban J connectivity index is 0.00000280. The lowest BCUT2D eigenvalue weighted by Gasteiger charge is -2.37. The Bertz CT molecular complexity index is 646. The molecule has 2 aliphatic rings. The van der Waals surface area contributed by atoms with Crippen molar-refractivity contribution in [2.75, 3.05) is 51.3 Å². The summed E-state index contributed by atoms with van der Waals surface area (Å²) in [6.45, 7) is 7.28. The van der Waals surface area contributed by atoms with Crippen LogP contribution in [0, 0.1) is 0 Å². The van der Waals surface area contributed by atoms with Gasteiger partial charge in [-0.2, -0.15) is 0 Å². The molecule has 2 saturated heterocycles. The molecule has 2 atom stereocenters. The average molecular weight is 544 g/mol. The Labute approximate surface area is 193 Å². The average Bonchev–Trinajstić information content (AvgIpc) is 3.20. The molecule has 28 heavy (non-hydrogen) atoms. The number of rotatable bonds is 6. The first-order valence-electron chi connectivity index (χ1n) is 9.48. The minimum Gasteiger partial charge on any atom is -0.375 e. The molecule has 10 heteroatoms. The number of guanidine groups is 1. The van der Waals surface area contributed by atoms with Gasteiger partial charge in [0.2, 0.25) is 0 Å². The summed E-state index contributed by atoms with van der Waals surface area (Å²) in [6, 6.07) is 1.67. The summed E-state index contributed by atoms with van der Waals surface area (Å²) < 4.78 is 11.7. The third-order valence-corrected chi connectivity index (χ3v) is 5.08. The van der Waals surface area contributed by atoms with Crippen LogP contribution in [0.15, 0.2) is 17.3 Å². The van der Waals surface area contributed by atoms with Crippen molar-refractivity contribution in [2.45, 2.75) is 32.0 Å². The van der Waals surface area contributed by atoms with Crippen LogP contribution >= 0.6 is 47.2 Å². The summed E-state index contributed by atoms with van der Waals surface area (Å²) in [4.78, 5) is 11.2. The summed E-state index contributed by atoms with van der Waals surface area (Å²) in [5.74, 6) is 1.52. The van der Waals surface area contributed by atoms with Gasteiger partial charge in [-0.05, 0) is 25.8 Å². The maximum atomic E-state index is 6.13. The van der Waals surface area contributed by atoms with Gasteiger partial charge in [-0.25, -0.2) is 4.98 Å². The van der Waals surface area contributed by atoms with E-state index in [1.807, 2.05) is 0 Å². The number of nitrogens with zero attached hydrogens (tertiary/aromatic N) is 3. The van der Waals surface area contributed by atoms with Crippen molar-refractivity contribution in [2.24, 2.45) is 4.99 Å². The molecule has 3 heterocycles. The maximum Gasteiger partial charge on any atom is 0.194 e. The maximum absolute atomic E-state index is 6.13. The highest BCUT2D eigenvalue weighted by Crippen LogP contribution is 2.22. The van der Waals surface area contributed by atoms with Crippen LogP contribution < -0.4 is 10.6 Å². The van der Waals surface area contributed by atoms with Crippen molar-refractivity contribution in [3.63, 3.8) is 0 Å². The van der Waals surface area contributed by atoms with E-state index in [0.717, 1.165) is 45.0 Å². The number of anilines is 1. The quantitative estimate of drug-likeness (QED) is 0.248. The predicted molar refractivity (Wildman–Crippen MR) is 124 cm³/mol. The Hall–Kier alpha value is -0.550. The highest BCUT2D eigenvalue weighted by molar-refractivity contribution is 14.0. The Morgan fingerprint density at radius 3 is 2.86 bits per heavy atom. The Morgan fingerprint density at radius 2 is 2.14 bits per heavy atom. The first-order valence-corrected chi connectivity index (χ1v) is 10.2. The molecule has 3 rings (SSSR count). The second-order valence-electron chi connectivity index (χ2n) is 6.55.